The molecule has 2 aromatic heterocycles. The first-order chi connectivity index (χ1) is 16.7. The second kappa shape index (κ2) is 9.00. The van der Waals surface area contributed by atoms with E-state index in [0.717, 1.165) is 6.07 Å². The molecule has 13 heteroatoms. The molecule has 0 aliphatic carbocycles. The number of primary amides is 1. The van der Waals surface area contributed by atoms with Gasteiger partial charge in [-0.3, -0.25) is 9.59 Å². The van der Waals surface area contributed by atoms with E-state index in [-0.39, 0.29) is 49.1 Å². The van der Waals surface area contributed by atoms with Crippen molar-refractivity contribution in [2.75, 3.05) is 5.32 Å². The average molecular weight is 543 g/mol. The largest absolute Gasteiger partial charge is 0.433 e. The van der Waals surface area contributed by atoms with Crippen LogP contribution in [0.3, 0.4) is 0 Å². The normalized spacial score (nSPS) is 16.1. The molecule has 3 aromatic rings. The first-order valence-electron chi connectivity index (χ1n) is 10.5. The van der Waals surface area contributed by atoms with Crippen LogP contribution in [0.4, 0.5) is 23.2 Å². The molecule has 1 aliphatic rings. The van der Waals surface area contributed by atoms with Crippen molar-refractivity contribution in [3.63, 3.8) is 0 Å². The van der Waals surface area contributed by atoms with Gasteiger partial charge in [0, 0.05) is 11.8 Å². The van der Waals surface area contributed by atoms with Crippen LogP contribution in [0.5, 0.6) is 0 Å². The molecule has 1 atom stereocenters. The Balaban J connectivity index is 1.74. The highest BCUT2D eigenvalue weighted by Gasteiger charge is 2.37. The summed E-state index contributed by atoms with van der Waals surface area (Å²) in [5.74, 6) is -2.36. The minimum absolute atomic E-state index is 0.00725. The zero-order valence-corrected chi connectivity index (χ0v) is 20.7. The van der Waals surface area contributed by atoms with Crippen molar-refractivity contribution in [3.05, 3.63) is 56.8 Å². The Labute approximate surface area is 211 Å². The van der Waals surface area contributed by atoms with E-state index in [4.69, 9.17) is 22.2 Å². The highest BCUT2D eigenvalue weighted by atomic mass is 35.5. The number of hydrogen-bond donors (Lipinski definition) is 2. The van der Waals surface area contributed by atoms with Gasteiger partial charge in [-0.1, -0.05) is 43.6 Å². The first kappa shape index (κ1) is 25.8. The zero-order valence-electron chi connectivity index (χ0n) is 19.1. The fourth-order valence-corrected chi connectivity index (χ4v) is 5.05. The number of carbonyl (C=O) groups excluding carboxylic acids is 2. The molecule has 0 radical (unpaired) electrons. The van der Waals surface area contributed by atoms with Gasteiger partial charge in [0.2, 0.25) is 6.10 Å². The van der Waals surface area contributed by atoms with Crippen molar-refractivity contribution in [1.29, 1.82) is 0 Å². The SMILES string of the molecule is CC(C)(C)c1cc(C(F)(F)F)nc2sc(C(N)=O)c(NC(=O)C3CC(c4c(F)cccc4Cl)=NO3)c12. The number of benzene rings is 1. The molecule has 1 aromatic carbocycles. The zero-order chi connectivity index (χ0) is 26.6. The van der Waals surface area contributed by atoms with Crippen LogP contribution in [0.2, 0.25) is 5.02 Å². The second-order valence-corrected chi connectivity index (χ2v) is 10.5. The van der Waals surface area contributed by atoms with Crippen LogP contribution in [0.25, 0.3) is 10.2 Å². The summed E-state index contributed by atoms with van der Waals surface area (Å²) >= 11 is 6.71. The summed E-state index contributed by atoms with van der Waals surface area (Å²) in [4.78, 5) is 33.8. The van der Waals surface area contributed by atoms with Gasteiger partial charge >= 0.3 is 6.18 Å². The van der Waals surface area contributed by atoms with Gasteiger partial charge in [0.15, 0.2) is 0 Å². The Bertz CT molecular complexity index is 1410. The summed E-state index contributed by atoms with van der Waals surface area (Å²) in [6, 6.07) is 4.95. The number of anilines is 1. The number of nitrogens with one attached hydrogen (secondary N) is 1. The Morgan fingerprint density at radius 1 is 1.25 bits per heavy atom. The smallest absolute Gasteiger partial charge is 0.382 e. The number of thiophene rings is 1. The molecule has 3 heterocycles. The van der Waals surface area contributed by atoms with Gasteiger partial charge in [-0.05, 0) is 29.2 Å². The number of halogens is 5. The third-order valence-electron chi connectivity index (χ3n) is 5.45. The lowest BCUT2D eigenvalue weighted by Gasteiger charge is -2.22. The summed E-state index contributed by atoms with van der Waals surface area (Å²) in [6.07, 6.45) is -6.08. The Hall–Kier alpha value is -3.25. The van der Waals surface area contributed by atoms with Crippen LogP contribution in [0.1, 0.15) is 53.7 Å². The van der Waals surface area contributed by atoms with Crippen LogP contribution >= 0.6 is 22.9 Å². The van der Waals surface area contributed by atoms with Crippen molar-refractivity contribution < 1.29 is 32.0 Å². The number of aromatic nitrogens is 1. The number of nitrogens with two attached hydrogens (primary N) is 1. The van der Waals surface area contributed by atoms with E-state index < -0.39 is 41.0 Å². The minimum Gasteiger partial charge on any atom is -0.382 e. The maximum absolute atomic E-state index is 14.3. The molecule has 0 saturated carbocycles. The molecule has 4 rings (SSSR count). The molecular formula is C23H19ClF4N4O3S. The van der Waals surface area contributed by atoms with Crippen LogP contribution < -0.4 is 11.1 Å². The van der Waals surface area contributed by atoms with E-state index in [1.54, 1.807) is 20.8 Å². The van der Waals surface area contributed by atoms with Gasteiger partial charge in [-0.25, -0.2) is 9.37 Å². The Morgan fingerprint density at radius 3 is 2.53 bits per heavy atom. The number of amides is 2. The fraction of sp³-hybridized carbons (Fsp3) is 0.304. The third-order valence-corrected chi connectivity index (χ3v) is 6.86. The van der Waals surface area contributed by atoms with Gasteiger partial charge in [0.05, 0.1) is 22.0 Å². The number of hydrogen-bond acceptors (Lipinski definition) is 6. The number of alkyl halides is 3. The predicted molar refractivity (Wildman–Crippen MR) is 128 cm³/mol. The standard InChI is InChI=1S/C23H19ClF4N4O3S/c1-22(2,3)9-7-14(23(26,27)28)30-21-15(9)17(18(36-21)19(29)33)31-20(34)13-8-12(32-35-13)16-10(24)5-4-6-11(16)25/h4-7,13H,8H2,1-3H3,(H2,29,33)(H,31,34). The fourth-order valence-electron chi connectivity index (χ4n) is 3.77. The van der Waals surface area contributed by atoms with Crippen molar-refractivity contribution >= 4 is 56.4 Å². The van der Waals surface area contributed by atoms with Gasteiger partial charge in [0.1, 0.15) is 21.2 Å². The molecular weight excluding hydrogens is 524 g/mol. The molecule has 7 nitrogen and oxygen atoms in total. The van der Waals surface area contributed by atoms with Gasteiger partial charge < -0.3 is 15.9 Å². The topological polar surface area (TPSA) is 107 Å². The minimum atomic E-state index is -4.73. The molecule has 0 fully saturated rings. The maximum atomic E-state index is 14.3. The average Bonchev–Trinajstić information content (AvgIpc) is 3.37. The third kappa shape index (κ3) is 4.74. The van der Waals surface area contributed by atoms with Crippen LogP contribution in [0, 0.1) is 5.82 Å². The summed E-state index contributed by atoms with van der Waals surface area (Å²) < 4.78 is 54.8. The van der Waals surface area contributed by atoms with E-state index in [9.17, 15) is 27.2 Å². The molecule has 0 spiro atoms. The monoisotopic (exact) mass is 542 g/mol. The number of pyridine rings is 1. The first-order valence-corrected chi connectivity index (χ1v) is 11.7. The molecule has 0 bridgehead atoms. The Kier molecular flexibility index (Phi) is 6.46. The van der Waals surface area contributed by atoms with Crippen LogP contribution in [-0.2, 0) is 21.2 Å². The lowest BCUT2D eigenvalue weighted by Crippen LogP contribution is -2.29. The van der Waals surface area contributed by atoms with Crippen molar-refractivity contribution in [2.24, 2.45) is 10.9 Å². The summed E-state index contributed by atoms with van der Waals surface area (Å²) in [7, 11) is 0. The number of carbonyl (C=O) groups is 2. The lowest BCUT2D eigenvalue weighted by molar-refractivity contribution is -0.141. The summed E-state index contributed by atoms with van der Waals surface area (Å²) in [5, 5.41) is 6.58. The molecule has 0 saturated heterocycles. The molecule has 1 unspecified atom stereocenters. The molecule has 36 heavy (non-hydrogen) atoms. The summed E-state index contributed by atoms with van der Waals surface area (Å²) in [6.45, 7) is 5.06. The summed E-state index contributed by atoms with van der Waals surface area (Å²) in [5.41, 5.74) is 3.77. The molecule has 2 amide bonds. The highest BCUT2D eigenvalue weighted by Crippen LogP contribution is 2.43. The Morgan fingerprint density at radius 2 is 1.94 bits per heavy atom. The van der Waals surface area contributed by atoms with Crippen LogP contribution in [-0.4, -0.2) is 28.6 Å². The van der Waals surface area contributed by atoms with E-state index in [0.29, 0.717) is 11.3 Å². The number of rotatable bonds is 4. The number of nitrogens with zero attached hydrogens (tertiary/aromatic N) is 2. The lowest BCUT2D eigenvalue weighted by atomic mass is 9.84. The van der Waals surface area contributed by atoms with Gasteiger partial charge in [-0.15, -0.1) is 11.3 Å². The van der Waals surface area contributed by atoms with Gasteiger partial charge in [0.25, 0.3) is 11.8 Å². The van der Waals surface area contributed by atoms with E-state index in [2.05, 4.69) is 15.5 Å². The predicted octanol–water partition coefficient (Wildman–Crippen LogP) is 5.64. The van der Waals surface area contributed by atoms with E-state index in [1.807, 2.05) is 0 Å². The highest BCUT2D eigenvalue weighted by molar-refractivity contribution is 7.21. The molecule has 3 N–H and O–H groups in total. The quantitative estimate of drug-likeness (QED) is 0.416. The van der Waals surface area contributed by atoms with Crippen molar-refractivity contribution in [2.45, 2.75) is 44.9 Å². The van der Waals surface area contributed by atoms with Gasteiger partial charge in [-0.2, -0.15) is 13.2 Å². The second-order valence-electron chi connectivity index (χ2n) is 9.08. The maximum Gasteiger partial charge on any atom is 0.433 e. The molecule has 190 valence electrons. The number of oxime groups is 1. The number of fused-ring (bicyclic) bond motifs is 1. The van der Waals surface area contributed by atoms with E-state index >= 15 is 0 Å². The van der Waals surface area contributed by atoms with Crippen molar-refractivity contribution in [3.8, 4) is 0 Å². The van der Waals surface area contributed by atoms with Crippen molar-refractivity contribution in [1.82, 2.24) is 4.98 Å². The van der Waals surface area contributed by atoms with Crippen LogP contribution in [0.15, 0.2) is 29.4 Å². The molecule has 1 aliphatic heterocycles. The van der Waals surface area contributed by atoms with E-state index in [1.165, 1.54) is 18.2 Å².